The van der Waals surface area contributed by atoms with Crippen LogP contribution in [0.2, 0.25) is 0 Å². The molecule has 0 spiro atoms. The Morgan fingerprint density at radius 1 is 1.43 bits per heavy atom. The summed E-state index contributed by atoms with van der Waals surface area (Å²) in [5.41, 5.74) is 0.571. The Bertz CT molecular complexity index is 470. The van der Waals surface area contributed by atoms with Crippen LogP contribution in [0.5, 0.6) is 0 Å². The molecule has 2 heterocycles. The Balaban J connectivity index is 2.61. The largest absolute Gasteiger partial charge is 0.422 e. The van der Waals surface area contributed by atoms with Gasteiger partial charge in [0.1, 0.15) is 11.7 Å². The van der Waals surface area contributed by atoms with Crippen molar-refractivity contribution in [2.45, 2.75) is 32.7 Å². The predicted molar refractivity (Wildman–Crippen MR) is 53.8 cm³/mol. The molecule has 0 saturated heterocycles. The van der Waals surface area contributed by atoms with Crippen molar-refractivity contribution in [1.82, 2.24) is 4.98 Å². The number of aliphatic imine (C=N–C) groups is 1. The first-order valence-corrected chi connectivity index (χ1v) is 4.75. The third-order valence-electron chi connectivity index (χ3n) is 2.02. The Morgan fingerprint density at radius 3 is 2.93 bits per heavy atom. The van der Waals surface area contributed by atoms with Crippen LogP contribution in [0, 0.1) is 0 Å². The van der Waals surface area contributed by atoms with Crippen LogP contribution in [0.15, 0.2) is 14.4 Å². The van der Waals surface area contributed by atoms with E-state index < -0.39 is 0 Å². The lowest BCUT2D eigenvalue weighted by Crippen LogP contribution is -2.23. The molecule has 0 radical (unpaired) electrons. The van der Waals surface area contributed by atoms with Crippen LogP contribution in [0.25, 0.3) is 6.08 Å². The van der Waals surface area contributed by atoms with Gasteiger partial charge in [0, 0.05) is 5.92 Å². The van der Waals surface area contributed by atoms with Crippen molar-refractivity contribution >= 4 is 12.4 Å². The van der Waals surface area contributed by atoms with Gasteiger partial charge in [-0.2, -0.15) is 0 Å². The zero-order chi connectivity index (χ0) is 10.1. The molecule has 2 rings (SSSR count). The van der Waals surface area contributed by atoms with E-state index in [1.165, 1.54) is 6.34 Å². The van der Waals surface area contributed by atoms with Gasteiger partial charge >= 0.3 is 0 Å². The fraction of sp³-hybridized carbons (Fsp3) is 0.500. The first-order chi connectivity index (χ1) is 6.66. The normalized spacial score (nSPS) is 19.9. The molecule has 0 amide bonds. The first-order valence-electron chi connectivity index (χ1n) is 4.75. The molecule has 0 fully saturated rings. The summed E-state index contributed by atoms with van der Waals surface area (Å²) < 4.78 is 5.50. The molecule has 1 aliphatic rings. The quantitative estimate of drug-likeness (QED) is 0.653. The van der Waals surface area contributed by atoms with Gasteiger partial charge in [-0.05, 0) is 13.0 Å². The summed E-state index contributed by atoms with van der Waals surface area (Å²) in [5, 5.41) is 0.804. The number of oxazole rings is 1. The van der Waals surface area contributed by atoms with Crippen LogP contribution in [0.1, 0.15) is 32.6 Å². The van der Waals surface area contributed by atoms with Crippen LogP contribution in [0.3, 0.4) is 0 Å². The number of aromatic nitrogens is 1. The van der Waals surface area contributed by atoms with Crippen LogP contribution < -0.4 is 10.9 Å². The van der Waals surface area contributed by atoms with Crippen molar-refractivity contribution in [1.29, 1.82) is 0 Å². The van der Waals surface area contributed by atoms with E-state index in [9.17, 15) is 0 Å². The second kappa shape index (κ2) is 3.36. The monoisotopic (exact) mass is 191 g/mol. The van der Waals surface area contributed by atoms with Gasteiger partial charge in [0.25, 0.3) is 0 Å². The number of hydrogen-bond donors (Lipinski definition) is 0. The molecule has 0 aliphatic carbocycles. The second-order valence-corrected chi connectivity index (χ2v) is 3.70. The van der Waals surface area contributed by atoms with Crippen LogP contribution in [-0.4, -0.2) is 17.4 Å². The highest BCUT2D eigenvalue weighted by Gasteiger charge is 2.08. The summed E-state index contributed by atoms with van der Waals surface area (Å²) in [4.78, 5) is 12.6. The molecule has 1 unspecified atom stereocenters. The highest BCUT2D eigenvalue weighted by molar-refractivity contribution is 5.57. The minimum atomic E-state index is 0.116. The SMILES string of the molecule is CC1C=c2nc(C(C)C)oc2=NC=N1. The van der Waals surface area contributed by atoms with E-state index in [1.807, 2.05) is 26.8 Å². The maximum absolute atomic E-state index is 5.50. The van der Waals surface area contributed by atoms with E-state index in [0.717, 1.165) is 11.2 Å². The molecule has 1 atom stereocenters. The summed E-state index contributed by atoms with van der Waals surface area (Å²) in [6.45, 7) is 6.08. The van der Waals surface area contributed by atoms with Gasteiger partial charge in [-0.3, -0.25) is 4.99 Å². The molecule has 0 saturated carbocycles. The number of nitrogens with zero attached hydrogens (tertiary/aromatic N) is 3. The van der Waals surface area contributed by atoms with Gasteiger partial charge in [-0.25, -0.2) is 9.98 Å². The average molecular weight is 191 g/mol. The van der Waals surface area contributed by atoms with Gasteiger partial charge in [0.15, 0.2) is 5.89 Å². The molecule has 74 valence electrons. The lowest BCUT2D eigenvalue weighted by Gasteiger charge is -1.94. The zero-order valence-electron chi connectivity index (χ0n) is 8.56. The molecule has 1 aromatic rings. The molecule has 14 heavy (non-hydrogen) atoms. The smallest absolute Gasteiger partial charge is 0.248 e. The van der Waals surface area contributed by atoms with Crippen LogP contribution in [0.4, 0.5) is 0 Å². The second-order valence-electron chi connectivity index (χ2n) is 3.70. The van der Waals surface area contributed by atoms with Gasteiger partial charge in [0.05, 0.1) is 6.04 Å². The Kier molecular flexibility index (Phi) is 2.19. The lowest BCUT2D eigenvalue weighted by molar-refractivity contribution is 0.437. The van der Waals surface area contributed by atoms with E-state index in [4.69, 9.17) is 4.42 Å². The van der Waals surface area contributed by atoms with Crippen molar-refractivity contribution in [2.24, 2.45) is 9.98 Å². The summed E-state index contributed by atoms with van der Waals surface area (Å²) in [6.07, 6.45) is 3.49. The Labute approximate surface area is 82.1 Å². The fourth-order valence-electron chi connectivity index (χ4n) is 1.25. The zero-order valence-corrected chi connectivity index (χ0v) is 8.56. The molecule has 0 bridgehead atoms. The van der Waals surface area contributed by atoms with E-state index in [-0.39, 0.29) is 12.0 Å². The highest BCUT2D eigenvalue weighted by atomic mass is 16.4. The molecule has 0 N–H and O–H groups in total. The summed E-state index contributed by atoms with van der Waals surface area (Å²) in [7, 11) is 0. The van der Waals surface area contributed by atoms with E-state index in [1.54, 1.807) is 0 Å². The summed E-state index contributed by atoms with van der Waals surface area (Å²) in [6, 6.07) is 0.116. The molecule has 4 nitrogen and oxygen atoms in total. The van der Waals surface area contributed by atoms with Crippen molar-refractivity contribution in [3.05, 3.63) is 16.8 Å². The summed E-state index contributed by atoms with van der Waals surface area (Å²) in [5.74, 6) is 1.02. The minimum absolute atomic E-state index is 0.116. The van der Waals surface area contributed by atoms with Gasteiger partial charge in [0.2, 0.25) is 5.55 Å². The summed E-state index contributed by atoms with van der Waals surface area (Å²) >= 11 is 0. The van der Waals surface area contributed by atoms with E-state index in [0.29, 0.717) is 5.55 Å². The first kappa shape index (κ1) is 9.12. The maximum Gasteiger partial charge on any atom is 0.248 e. The van der Waals surface area contributed by atoms with Gasteiger partial charge in [-0.15, -0.1) is 0 Å². The number of rotatable bonds is 1. The topological polar surface area (TPSA) is 50.8 Å². The fourth-order valence-corrected chi connectivity index (χ4v) is 1.25. The molecular weight excluding hydrogens is 178 g/mol. The van der Waals surface area contributed by atoms with E-state index in [2.05, 4.69) is 15.0 Å². The van der Waals surface area contributed by atoms with Crippen LogP contribution >= 0.6 is 0 Å². The average Bonchev–Trinajstić information content (AvgIpc) is 2.42. The predicted octanol–water partition coefficient (Wildman–Crippen LogP) is 0.628. The molecule has 1 aliphatic heterocycles. The standard InChI is InChI=1S/C10H13N3O/c1-6(2)9-13-8-4-7(3)11-5-12-10(8)14-9/h4-7H,1-3H3. The van der Waals surface area contributed by atoms with E-state index >= 15 is 0 Å². The molecule has 0 aromatic carbocycles. The van der Waals surface area contributed by atoms with Crippen molar-refractivity contribution < 1.29 is 4.42 Å². The van der Waals surface area contributed by atoms with Crippen LogP contribution in [-0.2, 0) is 0 Å². The number of fused-ring (bicyclic) bond motifs is 1. The third kappa shape index (κ3) is 1.60. The highest BCUT2D eigenvalue weighted by Crippen LogP contribution is 2.06. The van der Waals surface area contributed by atoms with Gasteiger partial charge < -0.3 is 4.42 Å². The van der Waals surface area contributed by atoms with Gasteiger partial charge in [-0.1, -0.05) is 13.8 Å². The number of hydrogen-bond acceptors (Lipinski definition) is 4. The van der Waals surface area contributed by atoms with Crippen molar-refractivity contribution in [3.63, 3.8) is 0 Å². The van der Waals surface area contributed by atoms with Crippen molar-refractivity contribution in [2.75, 3.05) is 0 Å². The minimum Gasteiger partial charge on any atom is -0.422 e. The third-order valence-corrected chi connectivity index (χ3v) is 2.02. The molecule has 4 heteroatoms. The molecule has 1 aromatic heterocycles. The Hall–Kier alpha value is -1.45. The maximum atomic E-state index is 5.50. The van der Waals surface area contributed by atoms with Crippen molar-refractivity contribution in [3.8, 4) is 0 Å². The Morgan fingerprint density at radius 2 is 2.21 bits per heavy atom. The molecular formula is C10H13N3O. The lowest BCUT2D eigenvalue weighted by atomic mass is 10.2.